The van der Waals surface area contributed by atoms with Gasteiger partial charge < -0.3 is 10.6 Å². The molecule has 0 aliphatic heterocycles. The predicted molar refractivity (Wildman–Crippen MR) is 95.8 cm³/mol. The molecule has 2 N–H and O–H groups in total. The Morgan fingerprint density at radius 2 is 1.73 bits per heavy atom. The van der Waals surface area contributed by atoms with E-state index in [4.69, 9.17) is 11.6 Å². The first-order valence-electron chi connectivity index (χ1n) is 7.54. The van der Waals surface area contributed by atoms with Gasteiger partial charge in [0.1, 0.15) is 17.3 Å². The number of para-hydroxylation sites is 1. The van der Waals surface area contributed by atoms with Gasteiger partial charge in [0.15, 0.2) is 0 Å². The van der Waals surface area contributed by atoms with Crippen LogP contribution in [0.4, 0.5) is 26.1 Å². The van der Waals surface area contributed by atoms with Crippen molar-refractivity contribution in [2.45, 2.75) is 6.92 Å². The van der Waals surface area contributed by atoms with Gasteiger partial charge in [-0.05, 0) is 36.8 Å². The Bertz CT molecular complexity index is 944. The number of nitrogens with zero attached hydrogens (tertiary/aromatic N) is 2. The molecule has 0 unspecified atom stereocenters. The summed E-state index contributed by atoms with van der Waals surface area (Å²) in [5.74, 6) is -2.01. The van der Waals surface area contributed by atoms with E-state index in [0.29, 0.717) is 10.7 Å². The van der Waals surface area contributed by atoms with E-state index in [9.17, 15) is 13.6 Å². The molecule has 0 aliphatic rings. The zero-order chi connectivity index (χ0) is 18.7. The van der Waals surface area contributed by atoms with Crippen molar-refractivity contribution in [2.75, 3.05) is 10.6 Å². The quantitative estimate of drug-likeness (QED) is 0.694. The van der Waals surface area contributed by atoms with Crippen LogP contribution >= 0.6 is 11.6 Å². The van der Waals surface area contributed by atoms with Gasteiger partial charge in [0.05, 0.1) is 5.56 Å². The smallest absolute Gasteiger partial charge is 0.258 e. The number of halogens is 3. The number of hydrogen-bond donors (Lipinski definition) is 2. The number of carbonyl (C=O) groups excluding carboxylic acids is 1. The van der Waals surface area contributed by atoms with Crippen LogP contribution in [0.15, 0.2) is 48.8 Å². The van der Waals surface area contributed by atoms with Crippen LogP contribution < -0.4 is 10.6 Å². The van der Waals surface area contributed by atoms with Crippen LogP contribution in [-0.2, 0) is 0 Å². The third-order valence-electron chi connectivity index (χ3n) is 3.56. The largest absolute Gasteiger partial charge is 0.322 e. The summed E-state index contributed by atoms with van der Waals surface area (Å²) in [5.41, 5.74) is 1.23. The first-order valence-corrected chi connectivity index (χ1v) is 7.92. The van der Waals surface area contributed by atoms with Crippen LogP contribution in [0.2, 0.25) is 5.02 Å². The minimum atomic E-state index is -0.771. The number of nitrogens with one attached hydrogen (secondary N) is 2. The Morgan fingerprint density at radius 3 is 2.38 bits per heavy atom. The van der Waals surface area contributed by atoms with Gasteiger partial charge in [-0.2, -0.15) is 0 Å². The average Bonchev–Trinajstić information content (AvgIpc) is 2.62. The molecule has 26 heavy (non-hydrogen) atoms. The first-order chi connectivity index (χ1) is 12.4. The second-order valence-electron chi connectivity index (χ2n) is 5.43. The van der Waals surface area contributed by atoms with E-state index >= 15 is 0 Å². The standard InChI is InChI=1S/C18H13ClF2N4O/c1-10-5-6-12(19)7-15(10)24-17(26)11-8-22-18(23-9-11)25-16-13(20)3-2-4-14(16)21/h2-9H,1H3,(H,24,26)(H,22,23,25). The van der Waals surface area contributed by atoms with Crippen LogP contribution in [0.25, 0.3) is 0 Å². The molecule has 2 aromatic carbocycles. The van der Waals surface area contributed by atoms with Crippen molar-refractivity contribution in [3.63, 3.8) is 0 Å². The van der Waals surface area contributed by atoms with Crippen molar-refractivity contribution in [3.8, 4) is 0 Å². The SMILES string of the molecule is Cc1ccc(Cl)cc1NC(=O)c1cnc(Nc2c(F)cccc2F)nc1. The highest BCUT2D eigenvalue weighted by molar-refractivity contribution is 6.31. The Labute approximate surface area is 153 Å². The number of aryl methyl sites for hydroxylation is 1. The molecule has 0 saturated carbocycles. The summed E-state index contributed by atoms with van der Waals surface area (Å²) in [7, 11) is 0. The van der Waals surface area contributed by atoms with Crippen molar-refractivity contribution in [3.05, 3.63) is 76.6 Å². The van der Waals surface area contributed by atoms with Crippen LogP contribution in [0.3, 0.4) is 0 Å². The molecule has 0 radical (unpaired) electrons. The molecule has 1 amide bonds. The summed E-state index contributed by atoms with van der Waals surface area (Å²) < 4.78 is 27.2. The molecule has 0 fully saturated rings. The second-order valence-corrected chi connectivity index (χ2v) is 5.87. The van der Waals surface area contributed by atoms with Gasteiger partial charge in [0.2, 0.25) is 5.95 Å². The van der Waals surface area contributed by atoms with E-state index in [0.717, 1.165) is 17.7 Å². The summed E-state index contributed by atoms with van der Waals surface area (Å²) in [6.07, 6.45) is 2.51. The van der Waals surface area contributed by atoms with Gasteiger partial charge in [-0.15, -0.1) is 0 Å². The minimum absolute atomic E-state index is 0.0375. The maximum absolute atomic E-state index is 13.6. The number of benzene rings is 2. The fraction of sp³-hybridized carbons (Fsp3) is 0.0556. The monoisotopic (exact) mass is 374 g/mol. The summed E-state index contributed by atoms with van der Waals surface area (Å²) >= 11 is 5.92. The number of anilines is 3. The van der Waals surface area contributed by atoms with E-state index in [1.165, 1.54) is 18.5 Å². The molecule has 8 heteroatoms. The number of hydrogen-bond acceptors (Lipinski definition) is 4. The molecule has 1 aromatic heterocycles. The molecule has 5 nitrogen and oxygen atoms in total. The molecule has 0 atom stereocenters. The molecule has 3 rings (SSSR count). The highest BCUT2D eigenvalue weighted by atomic mass is 35.5. The van der Waals surface area contributed by atoms with Gasteiger partial charge >= 0.3 is 0 Å². The van der Waals surface area contributed by atoms with E-state index in [1.54, 1.807) is 18.2 Å². The molecule has 0 spiro atoms. The average molecular weight is 375 g/mol. The third-order valence-corrected chi connectivity index (χ3v) is 3.80. The topological polar surface area (TPSA) is 66.9 Å². The predicted octanol–water partition coefficient (Wildman–Crippen LogP) is 4.71. The van der Waals surface area contributed by atoms with Gasteiger partial charge in [0, 0.05) is 23.1 Å². The lowest BCUT2D eigenvalue weighted by Gasteiger charge is -2.09. The fourth-order valence-corrected chi connectivity index (χ4v) is 2.33. The Hall–Kier alpha value is -3.06. The molecule has 0 saturated heterocycles. The second kappa shape index (κ2) is 7.45. The Morgan fingerprint density at radius 1 is 1.08 bits per heavy atom. The zero-order valence-electron chi connectivity index (χ0n) is 13.6. The van der Waals surface area contributed by atoms with Gasteiger partial charge in [-0.1, -0.05) is 23.7 Å². The summed E-state index contributed by atoms with van der Waals surface area (Å²) in [5, 5.41) is 5.66. The first kappa shape index (κ1) is 17.8. The van der Waals surface area contributed by atoms with Crippen molar-refractivity contribution >= 4 is 34.8 Å². The van der Waals surface area contributed by atoms with Crippen LogP contribution in [0.5, 0.6) is 0 Å². The number of aromatic nitrogens is 2. The van der Waals surface area contributed by atoms with E-state index < -0.39 is 17.5 Å². The molecule has 1 heterocycles. The lowest BCUT2D eigenvalue weighted by Crippen LogP contribution is -2.14. The lowest BCUT2D eigenvalue weighted by atomic mass is 10.2. The Balaban J connectivity index is 1.75. The van der Waals surface area contributed by atoms with Crippen LogP contribution in [0, 0.1) is 18.6 Å². The highest BCUT2D eigenvalue weighted by Crippen LogP contribution is 2.22. The summed E-state index contributed by atoms with van der Waals surface area (Å²) in [6.45, 7) is 1.83. The fourth-order valence-electron chi connectivity index (χ4n) is 2.16. The minimum Gasteiger partial charge on any atom is -0.322 e. The molecule has 132 valence electrons. The van der Waals surface area contributed by atoms with Crippen LogP contribution in [-0.4, -0.2) is 15.9 Å². The highest BCUT2D eigenvalue weighted by Gasteiger charge is 2.12. The molecule has 3 aromatic rings. The molecular weight excluding hydrogens is 362 g/mol. The third kappa shape index (κ3) is 3.94. The van der Waals surface area contributed by atoms with Crippen LogP contribution in [0.1, 0.15) is 15.9 Å². The van der Waals surface area contributed by atoms with Crippen molar-refractivity contribution in [2.24, 2.45) is 0 Å². The Kier molecular flexibility index (Phi) is 5.09. The summed E-state index contributed by atoms with van der Waals surface area (Å²) in [6, 6.07) is 8.61. The normalized spacial score (nSPS) is 10.5. The molecule has 0 aliphatic carbocycles. The number of rotatable bonds is 4. The van der Waals surface area contributed by atoms with Crippen molar-refractivity contribution in [1.82, 2.24) is 9.97 Å². The zero-order valence-corrected chi connectivity index (χ0v) is 14.3. The number of amides is 1. The molecular formula is C18H13ClF2N4O. The van der Waals surface area contributed by atoms with E-state index in [1.807, 2.05) is 6.92 Å². The van der Waals surface area contributed by atoms with Crippen molar-refractivity contribution in [1.29, 1.82) is 0 Å². The van der Waals surface area contributed by atoms with Gasteiger partial charge in [0.25, 0.3) is 5.91 Å². The summed E-state index contributed by atoms with van der Waals surface area (Å²) in [4.78, 5) is 20.1. The van der Waals surface area contributed by atoms with Gasteiger partial charge in [-0.25, -0.2) is 18.7 Å². The maximum Gasteiger partial charge on any atom is 0.258 e. The van der Waals surface area contributed by atoms with E-state index in [-0.39, 0.29) is 17.2 Å². The van der Waals surface area contributed by atoms with Gasteiger partial charge in [-0.3, -0.25) is 4.79 Å². The van der Waals surface area contributed by atoms with E-state index in [2.05, 4.69) is 20.6 Å². The number of carbonyl (C=O) groups is 1. The lowest BCUT2D eigenvalue weighted by molar-refractivity contribution is 0.102. The maximum atomic E-state index is 13.6. The van der Waals surface area contributed by atoms with Crippen molar-refractivity contribution < 1.29 is 13.6 Å². The molecule has 0 bridgehead atoms.